The van der Waals surface area contributed by atoms with Gasteiger partial charge in [-0.1, -0.05) is 20.1 Å². The van der Waals surface area contributed by atoms with Gasteiger partial charge in [0.15, 0.2) is 0 Å². The van der Waals surface area contributed by atoms with Gasteiger partial charge in [-0.05, 0) is 65.5 Å². The second-order valence-electron chi connectivity index (χ2n) is 9.21. The van der Waals surface area contributed by atoms with E-state index in [1.165, 1.54) is 6.92 Å². The Balaban J connectivity index is 4.17. The van der Waals surface area contributed by atoms with Crippen LogP contribution in [0.15, 0.2) is 25.3 Å². The normalized spacial score (nSPS) is 13.1. The van der Waals surface area contributed by atoms with Crippen LogP contribution < -0.4 is 10.6 Å². The summed E-state index contributed by atoms with van der Waals surface area (Å²) in [5.41, 5.74) is -1.02. The minimum Gasteiger partial charge on any atom is -0.457 e. The van der Waals surface area contributed by atoms with Crippen molar-refractivity contribution in [3.63, 3.8) is 0 Å². The van der Waals surface area contributed by atoms with E-state index in [4.69, 9.17) is 18.9 Å². The predicted octanol–water partition coefficient (Wildman–Crippen LogP) is 1.52. The fourth-order valence-corrected chi connectivity index (χ4v) is 2.77. The van der Waals surface area contributed by atoms with Crippen molar-refractivity contribution in [3.05, 3.63) is 25.3 Å². The molecule has 12 nitrogen and oxygen atoms in total. The molecule has 214 valence electrons. The number of hydrogen-bond acceptors (Lipinski definition) is 10. The van der Waals surface area contributed by atoms with E-state index in [2.05, 4.69) is 23.8 Å². The number of rotatable bonds is 16. The molecule has 0 aliphatic rings. The van der Waals surface area contributed by atoms with Crippen LogP contribution in [-0.4, -0.2) is 73.2 Å². The van der Waals surface area contributed by atoms with Crippen LogP contribution in [0, 0.1) is 5.92 Å². The van der Waals surface area contributed by atoms with Crippen LogP contribution in [0.2, 0.25) is 0 Å². The SMILES string of the molecule is C=CC(=O)NCC(C)OC(=O)C(=O)OC(C)CCCCCOC(=O)C(=O)OC(C)(C)C(C)CNC(=O)C=C. The van der Waals surface area contributed by atoms with Gasteiger partial charge in [-0.3, -0.25) is 9.59 Å². The highest BCUT2D eigenvalue weighted by Gasteiger charge is 2.33. The summed E-state index contributed by atoms with van der Waals surface area (Å²) in [4.78, 5) is 70.1. The van der Waals surface area contributed by atoms with Crippen molar-refractivity contribution in [2.45, 2.75) is 78.1 Å². The summed E-state index contributed by atoms with van der Waals surface area (Å²) < 4.78 is 20.2. The molecule has 12 heteroatoms. The molecule has 0 radical (unpaired) electrons. The summed E-state index contributed by atoms with van der Waals surface area (Å²) in [5, 5.41) is 5.05. The maximum absolute atomic E-state index is 12.1. The Kier molecular flexibility index (Phi) is 16.0. The van der Waals surface area contributed by atoms with Crippen LogP contribution in [0.25, 0.3) is 0 Å². The van der Waals surface area contributed by atoms with Crippen LogP contribution in [-0.2, 0) is 47.7 Å². The molecule has 0 saturated carbocycles. The molecule has 3 atom stereocenters. The van der Waals surface area contributed by atoms with Gasteiger partial charge in [-0.2, -0.15) is 0 Å². The van der Waals surface area contributed by atoms with Gasteiger partial charge in [0.05, 0.1) is 19.3 Å². The summed E-state index contributed by atoms with van der Waals surface area (Å²) in [6.07, 6.45) is 3.05. The summed E-state index contributed by atoms with van der Waals surface area (Å²) in [6, 6.07) is 0. The quantitative estimate of drug-likeness (QED) is 0.0964. The molecular weight excluding hydrogens is 500 g/mol. The summed E-state index contributed by atoms with van der Waals surface area (Å²) in [5.74, 6) is -5.59. The second-order valence-corrected chi connectivity index (χ2v) is 9.21. The maximum atomic E-state index is 12.1. The van der Waals surface area contributed by atoms with E-state index in [0.717, 1.165) is 12.2 Å². The van der Waals surface area contributed by atoms with Crippen molar-refractivity contribution < 1.29 is 47.7 Å². The van der Waals surface area contributed by atoms with Crippen molar-refractivity contribution in [2.75, 3.05) is 19.7 Å². The number of nitrogens with one attached hydrogen (secondary N) is 2. The Morgan fingerprint density at radius 1 is 0.737 bits per heavy atom. The number of unbranched alkanes of at least 4 members (excludes halogenated alkanes) is 2. The lowest BCUT2D eigenvalue weighted by Gasteiger charge is -2.31. The zero-order valence-corrected chi connectivity index (χ0v) is 22.8. The van der Waals surface area contributed by atoms with Gasteiger partial charge in [0.2, 0.25) is 11.8 Å². The lowest BCUT2D eigenvalue weighted by Crippen LogP contribution is -2.43. The summed E-state index contributed by atoms with van der Waals surface area (Å²) in [6.45, 7) is 15.1. The van der Waals surface area contributed by atoms with Crippen molar-refractivity contribution in [3.8, 4) is 0 Å². The molecule has 0 aromatic carbocycles. The third kappa shape index (κ3) is 14.8. The molecule has 0 aromatic rings. The first-order valence-corrected chi connectivity index (χ1v) is 12.4. The standard InChI is InChI=1S/C26H40N2O10/c1-8-20(29)27-15-17(3)26(6,7)38-25(34)22(31)35-14-12-10-11-13-18(4)36-23(32)24(33)37-19(5)16-28-21(30)9-2/h8-9,17-19H,1-2,10-16H2,3-7H3,(H,27,29)(H,28,30). The first-order chi connectivity index (χ1) is 17.7. The third-order valence-corrected chi connectivity index (χ3v) is 5.50. The number of hydrogen-bond donors (Lipinski definition) is 2. The zero-order valence-electron chi connectivity index (χ0n) is 22.8. The van der Waals surface area contributed by atoms with E-state index in [0.29, 0.717) is 25.7 Å². The summed E-state index contributed by atoms with van der Waals surface area (Å²) >= 11 is 0. The Bertz CT molecular complexity index is 868. The van der Waals surface area contributed by atoms with Crippen LogP contribution in [0.1, 0.15) is 60.3 Å². The number of carbonyl (C=O) groups excluding carboxylic acids is 6. The molecule has 38 heavy (non-hydrogen) atoms. The number of ether oxygens (including phenoxy) is 4. The average molecular weight is 541 g/mol. The van der Waals surface area contributed by atoms with E-state index in [-0.39, 0.29) is 31.5 Å². The Morgan fingerprint density at radius 2 is 1.26 bits per heavy atom. The van der Waals surface area contributed by atoms with Gasteiger partial charge in [-0.15, -0.1) is 0 Å². The molecule has 0 rings (SSSR count). The minimum atomic E-state index is -1.16. The highest BCUT2D eigenvalue weighted by Crippen LogP contribution is 2.21. The second kappa shape index (κ2) is 17.7. The molecule has 2 amide bonds. The zero-order chi connectivity index (χ0) is 29.3. The molecule has 0 saturated heterocycles. The smallest absolute Gasteiger partial charge is 0.418 e. The van der Waals surface area contributed by atoms with Crippen molar-refractivity contribution in [1.29, 1.82) is 0 Å². The van der Waals surface area contributed by atoms with E-state index < -0.39 is 47.6 Å². The van der Waals surface area contributed by atoms with Gasteiger partial charge in [0, 0.05) is 12.5 Å². The topological polar surface area (TPSA) is 163 Å². The Hall–Kier alpha value is -3.70. The molecule has 0 aromatic heterocycles. The van der Waals surface area contributed by atoms with Gasteiger partial charge >= 0.3 is 23.9 Å². The first-order valence-electron chi connectivity index (χ1n) is 12.4. The first kappa shape index (κ1) is 34.3. The van der Waals surface area contributed by atoms with E-state index in [9.17, 15) is 28.8 Å². The lowest BCUT2D eigenvalue weighted by atomic mass is 9.92. The molecule has 2 N–H and O–H groups in total. The van der Waals surface area contributed by atoms with Crippen LogP contribution >= 0.6 is 0 Å². The minimum absolute atomic E-state index is 0.0000820. The molecule has 3 unspecified atom stereocenters. The van der Waals surface area contributed by atoms with Crippen molar-refractivity contribution in [1.82, 2.24) is 10.6 Å². The number of carbonyl (C=O) groups is 6. The van der Waals surface area contributed by atoms with E-state index >= 15 is 0 Å². The van der Waals surface area contributed by atoms with Gasteiger partial charge < -0.3 is 29.6 Å². The summed E-state index contributed by atoms with van der Waals surface area (Å²) in [7, 11) is 0. The highest BCUT2D eigenvalue weighted by molar-refractivity contribution is 6.30. The molecule has 0 spiro atoms. The van der Waals surface area contributed by atoms with Crippen LogP contribution in [0.4, 0.5) is 0 Å². The highest BCUT2D eigenvalue weighted by atomic mass is 16.6. The van der Waals surface area contributed by atoms with Gasteiger partial charge in [0.1, 0.15) is 11.7 Å². The van der Waals surface area contributed by atoms with Crippen LogP contribution in [0.5, 0.6) is 0 Å². The number of esters is 4. The lowest BCUT2D eigenvalue weighted by molar-refractivity contribution is -0.178. The van der Waals surface area contributed by atoms with Gasteiger partial charge in [0.25, 0.3) is 0 Å². The molecule has 0 aliphatic heterocycles. The maximum Gasteiger partial charge on any atom is 0.418 e. The van der Waals surface area contributed by atoms with Crippen LogP contribution in [0.3, 0.4) is 0 Å². The Labute approximate surface area is 223 Å². The van der Waals surface area contributed by atoms with Crippen molar-refractivity contribution in [2.24, 2.45) is 5.92 Å². The number of amides is 2. The van der Waals surface area contributed by atoms with Crippen molar-refractivity contribution >= 4 is 35.7 Å². The molecule has 0 aliphatic carbocycles. The molecule has 0 bridgehead atoms. The average Bonchev–Trinajstić information content (AvgIpc) is 2.86. The molecular formula is C26H40N2O10. The van der Waals surface area contributed by atoms with E-state index in [1.54, 1.807) is 27.7 Å². The predicted molar refractivity (Wildman–Crippen MR) is 136 cm³/mol. The van der Waals surface area contributed by atoms with Gasteiger partial charge in [-0.25, -0.2) is 19.2 Å². The third-order valence-electron chi connectivity index (χ3n) is 5.50. The monoisotopic (exact) mass is 540 g/mol. The van der Waals surface area contributed by atoms with E-state index in [1.807, 2.05) is 0 Å². The fourth-order valence-electron chi connectivity index (χ4n) is 2.77. The molecule has 0 heterocycles. The fraction of sp³-hybridized carbons (Fsp3) is 0.615. The largest absolute Gasteiger partial charge is 0.457 e. The molecule has 0 fully saturated rings. The Morgan fingerprint density at radius 3 is 1.82 bits per heavy atom.